The Morgan fingerprint density at radius 1 is 1.08 bits per heavy atom. The first-order valence-electron chi connectivity index (χ1n) is 7.27. The number of thiophene rings is 1. The summed E-state index contributed by atoms with van der Waals surface area (Å²) in [6.07, 6.45) is 1.77. The van der Waals surface area contributed by atoms with E-state index in [1.165, 1.54) is 0 Å². The van der Waals surface area contributed by atoms with Gasteiger partial charge in [-0.3, -0.25) is 9.78 Å². The standard InChI is InChI=1S/C17H12N4OS2/c22-17(12-1-2-14-16(8-12)21-24-20-14)19-9-11-3-5-18-15(7-11)13-4-6-23-10-13/h1-8,10H,9H2,(H,19,22). The lowest BCUT2D eigenvalue weighted by atomic mass is 10.1. The number of benzene rings is 1. The third kappa shape index (κ3) is 3.04. The molecular formula is C17H12N4OS2. The van der Waals surface area contributed by atoms with Gasteiger partial charge in [-0.1, -0.05) is 0 Å². The molecule has 4 rings (SSSR count). The van der Waals surface area contributed by atoms with Gasteiger partial charge in [-0.2, -0.15) is 20.1 Å². The van der Waals surface area contributed by atoms with Crippen molar-refractivity contribution in [2.45, 2.75) is 6.54 Å². The number of fused-ring (bicyclic) bond motifs is 1. The van der Waals surface area contributed by atoms with Crippen LogP contribution in [0.25, 0.3) is 22.3 Å². The maximum absolute atomic E-state index is 12.3. The summed E-state index contributed by atoms with van der Waals surface area (Å²) < 4.78 is 8.30. The molecule has 0 saturated heterocycles. The molecule has 0 unspecified atom stereocenters. The second-order valence-electron chi connectivity index (χ2n) is 5.21. The largest absolute Gasteiger partial charge is 0.348 e. The molecule has 0 radical (unpaired) electrons. The van der Waals surface area contributed by atoms with Gasteiger partial charge in [-0.25, -0.2) is 0 Å². The average molecular weight is 352 g/mol. The fourth-order valence-electron chi connectivity index (χ4n) is 2.36. The Balaban J connectivity index is 1.48. The molecule has 0 aliphatic heterocycles. The molecule has 0 spiro atoms. The summed E-state index contributed by atoms with van der Waals surface area (Å²) >= 11 is 2.78. The first-order chi connectivity index (χ1) is 11.8. The molecule has 0 bridgehead atoms. The van der Waals surface area contributed by atoms with Crippen molar-refractivity contribution in [2.24, 2.45) is 0 Å². The Morgan fingerprint density at radius 2 is 2.00 bits per heavy atom. The lowest BCUT2D eigenvalue weighted by molar-refractivity contribution is 0.0951. The van der Waals surface area contributed by atoms with Crippen molar-refractivity contribution < 1.29 is 4.79 Å². The van der Waals surface area contributed by atoms with E-state index >= 15 is 0 Å². The van der Waals surface area contributed by atoms with Gasteiger partial charge in [-0.15, -0.1) is 0 Å². The third-order valence-corrected chi connectivity index (χ3v) is 4.85. The summed E-state index contributed by atoms with van der Waals surface area (Å²) in [6.45, 7) is 0.450. The van der Waals surface area contributed by atoms with Crippen LogP contribution in [0.4, 0.5) is 0 Å². The van der Waals surface area contributed by atoms with Gasteiger partial charge in [0.15, 0.2) is 0 Å². The molecular weight excluding hydrogens is 340 g/mol. The molecule has 4 aromatic rings. The van der Waals surface area contributed by atoms with E-state index < -0.39 is 0 Å². The van der Waals surface area contributed by atoms with Gasteiger partial charge in [-0.05, 0) is 47.3 Å². The number of rotatable bonds is 4. The van der Waals surface area contributed by atoms with Crippen LogP contribution >= 0.6 is 23.1 Å². The number of hydrogen-bond acceptors (Lipinski definition) is 6. The molecule has 1 N–H and O–H groups in total. The molecule has 0 fully saturated rings. The molecule has 0 aliphatic carbocycles. The van der Waals surface area contributed by atoms with E-state index in [2.05, 4.69) is 24.4 Å². The van der Waals surface area contributed by atoms with Crippen LogP contribution in [0.2, 0.25) is 0 Å². The van der Waals surface area contributed by atoms with E-state index in [0.29, 0.717) is 12.1 Å². The molecule has 5 nitrogen and oxygen atoms in total. The summed E-state index contributed by atoms with van der Waals surface area (Å²) in [7, 11) is 0. The van der Waals surface area contributed by atoms with E-state index in [0.717, 1.165) is 39.6 Å². The zero-order valence-electron chi connectivity index (χ0n) is 12.5. The monoisotopic (exact) mass is 352 g/mol. The van der Waals surface area contributed by atoms with E-state index in [1.807, 2.05) is 29.6 Å². The third-order valence-electron chi connectivity index (χ3n) is 3.61. The predicted molar refractivity (Wildman–Crippen MR) is 96.1 cm³/mol. The second kappa shape index (κ2) is 6.46. The van der Waals surface area contributed by atoms with Gasteiger partial charge in [0.2, 0.25) is 0 Å². The second-order valence-corrected chi connectivity index (χ2v) is 6.52. The molecule has 3 heterocycles. The van der Waals surface area contributed by atoms with E-state index in [1.54, 1.807) is 29.7 Å². The van der Waals surface area contributed by atoms with Crippen molar-refractivity contribution >= 4 is 40.0 Å². The highest BCUT2D eigenvalue weighted by Gasteiger charge is 2.08. The summed E-state index contributed by atoms with van der Waals surface area (Å²) in [4.78, 5) is 16.7. The minimum Gasteiger partial charge on any atom is -0.348 e. The summed E-state index contributed by atoms with van der Waals surface area (Å²) in [6, 6.07) is 11.3. The number of nitrogens with zero attached hydrogens (tertiary/aromatic N) is 3. The number of carbonyl (C=O) groups is 1. The molecule has 3 aromatic heterocycles. The molecule has 1 amide bonds. The highest BCUT2D eigenvalue weighted by Crippen LogP contribution is 2.20. The molecule has 0 saturated carbocycles. The van der Waals surface area contributed by atoms with Crippen molar-refractivity contribution in [3.05, 3.63) is 64.5 Å². The van der Waals surface area contributed by atoms with Crippen LogP contribution in [0.3, 0.4) is 0 Å². The topological polar surface area (TPSA) is 67.8 Å². The lowest BCUT2D eigenvalue weighted by Crippen LogP contribution is -2.22. The highest BCUT2D eigenvalue weighted by atomic mass is 32.1. The summed E-state index contributed by atoms with van der Waals surface area (Å²) in [5.41, 5.74) is 5.16. The van der Waals surface area contributed by atoms with Crippen molar-refractivity contribution in [3.8, 4) is 11.3 Å². The number of carbonyl (C=O) groups excluding carboxylic acids is 1. The molecule has 24 heavy (non-hydrogen) atoms. The van der Waals surface area contributed by atoms with Gasteiger partial charge in [0.05, 0.1) is 17.4 Å². The first kappa shape index (κ1) is 14.9. The molecule has 118 valence electrons. The molecule has 7 heteroatoms. The lowest BCUT2D eigenvalue weighted by Gasteiger charge is -2.06. The van der Waals surface area contributed by atoms with Crippen molar-refractivity contribution in [1.29, 1.82) is 0 Å². The predicted octanol–water partition coefficient (Wildman–Crippen LogP) is 3.74. The van der Waals surface area contributed by atoms with Crippen LogP contribution in [0.5, 0.6) is 0 Å². The number of hydrogen-bond donors (Lipinski definition) is 1. The Hall–Kier alpha value is -2.64. The van der Waals surface area contributed by atoms with Crippen LogP contribution in [0.1, 0.15) is 15.9 Å². The zero-order chi connectivity index (χ0) is 16.4. The van der Waals surface area contributed by atoms with Crippen molar-refractivity contribution in [2.75, 3.05) is 0 Å². The minimum absolute atomic E-state index is 0.126. The van der Waals surface area contributed by atoms with Gasteiger partial charge in [0.1, 0.15) is 11.0 Å². The van der Waals surface area contributed by atoms with Crippen LogP contribution in [-0.4, -0.2) is 19.6 Å². The van der Waals surface area contributed by atoms with Crippen LogP contribution in [0, 0.1) is 0 Å². The quantitative estimate of drug-likeness (QED) is 0.607. The van der Waals surface area contributed by atoms with E-state index in [4.69, 9.17) is 0 Å². The normalized spacial score (nSPS) is 10.8. The first-order valence-corrected chi connectivity index (χ1v) is 8.95. The Morgan fingerprint density at radius 3 is 2.88 bits per heavy atom. The van der Waals surface area contributed by atoms with Crippen LogP contribution in [-0.2, 0) is 6.54 Å². The Bertz CT molecular complexity index is 995. The van der Waals surface area contributed by atoms with Crippen molar-refractivity contribution in [1.82, 2.24) is 19.0 Å². The number of pyridine rings is 1. The fraction of sp³-hybridized carbons (Fsp3) is 0.0588. The van der Waals surface area contributed by atoms with E-state index in [-0.39, 0.29) is 5.91 Å². The van der Waals surface area contributed by atoms with Gasteiger partial charge < -0.3 is 5.32 Å². The van der Waals surface area contributed by atoms with Crippen molar-refractivity contribution in [3.63, 3.8) is 0 Å². The SMILES string of the molecule is O=C(NCc1ccnc(-c2ccsc2)c1)c1ccc2nsnc2c1. The van der Waals surface area contributed by atoms with Gasteiger partial charge >= 0.3 is 0 Å². The summed E-state index contributed by atoms with van der Waals surface area (Å²) in [5.74, 6) is -0.126. The fourth-order valence-corrected chi connectivity index (χ4v) is 3.53. The number of nitrogens with one attached hydrogen (secondary N) is 1. The highest BCUT2D eigenvalue weighted by molar-refractivity contribution is 7.08. The molecule has 0 atom stereocenters. The Kier molecular flexibility index (Phi) is 4.02. The smallest absolute Gasteiger partial charge is 0.251 e. The van der Waals surface area contributed by atoms with Crippen LogP contribution < -0.4 is 5.32 Å². The zero-order valence-corrected chi connectivity index (χ0v) is 14.1. The van der Waals surface area contributed by atoms with Gasteiger partial charge in [0, 0.05) is 29.2 Å². The van der Waals surface area contributed by atoms with Gasteiger partial charge in [0.25, 0.3) is 5.91 Å². The number of amides is 1. The van der Waals surface area contributed by atoms with Crippen LogP contribution in [0.15, 0.2) is 53.4 Å². The maximum atomic E-state index is 12.3. The molecule has 0 aliphatic rings. The minimum atomic E-state index is -0.126. The summed E-state index contributed by atoms with van der Waals surface area (Å²) in [5, 5.41) is 7.02. The molecule has 1 aromatic carbocycles. The maximum Gasteiger partial charge on any atom is 0.251 e. The average Bonchev–Trinajstić information content (AvgIpc) is 3.30. The Labute approximate surface area is 146 Å². The number of aromatic nitrogens is 3. The van der Waals surface area contributed by atoms with E-state index in [9.17, 15) is 4.79 Å².